The number of amides is 1. The molecule has 0 bridgehead atoms. The first-order chi connectivity index (χ1) is 14.7. The van der Waals surface area contributed by atoms with Crippen LogP contribution in [0.25, 0.3) is 10.9 Å². The predicted molar refractivity (Wildman–Crippen MR) is 123 cm³/mol. The lowest BCUT2D eigenvalue weighted by atomic mass is 9.86. The highest BCUT2D eigenvalue weighted by Gasteiger charge is 2.26. The summed E-state index contributed by atoms with van der Waals surface area (Å²) in [4.78, 5) is 29.9. The molecule has 0 aliphatic rings. The summed E-state index contributed by atoms with van der Waals surface area (Å²) in [5.41, 5.74) is 3.31. The lowest BCUT2D eigenvalue weighted by molar-refractivity contribution is -0.148. The average Bonchev–Trinajstić information content (AvgIpc) is 2.74. The maximum atomic E-state index is 12.8. The molecular formula is C26H30N2O3. The highest BCUT2D eigenvalue weighted by molar-refractivity contribution is 5.97. The van der Waals surface area contributed by atoms with Gasteiger partial charge in [-0.25, -0.2) is 4.79 Å². The first-order valence-corrected chi connectivity index (χ1v) is 10.6. The zero-order valence-corrected chi connectivity index (χ0v) is 18.8. The van der Waals surface area contributed by atoms with Gasteiger partial charge < -0.3 is 10.1 Å². The van der Waals surface area contributed by atoms with Crippen molar-refractivity contribution < 1.29 is 14.3 Å². The second kappa shape index (κ2) is 9.29. The molecule has 0 saturated carbocycles. The number of aromatic nitrogens is 1. The van der Waals surface area contributed by atoms with Gasteiger partial charge in [-0.3, -0.25) is 9.78 Å². The Labute approximate surface area is 183 Å². The molecule has 1 N–H and O–H groups in total. The number of carbonyl (C=O) groups is 2. The van der Waals surface area contributed by atoms with E-state index in [-0.39, 0.29) is 23.8 Å². The number of ether oxygens (including phenoxy) is 1. The molecule has 0 saturated heterocycles. The highest BCUT2D eigenvalue weighted by atomic mass is 16.5. The average molecular weight is 419 g/mol. The molecule has 5 nitrogen and oxygen atoms in total. The van der Waals surface area contributed by atoms with Gasteiger partial charge in [-0.1, -0.05) is 71.0 Å². The summed E-state index contributed by atoms with van der Waals surface area (Å²) in [7, 11) is 0. The van der Waals surface area contributed by atoms with E-state index in [1.165, 1.54) is 0 Å². The van der Waals surface area contributed by atoms with Gasteiger partial charge >= 0.3 is 5.97 Å². The topological polar surface area (TPSA) is 68.3 Å². The molecule has 1 atom stereocenters. The third-order valence-corrected chi connectivity index (χ3v) is 5.31. The summed E-state index contributed by atoms with van der Waals surface area (Å²) < 4.78 is 5.57. The molecule has 0 unspecified atom stereocenters. The van der Waals surface area contributed by atoms with Crippen molar-refractivity contribution in [3.05, 3.63) is 77.5 Å². The second-order valence-corrected chi connectivity index (χ2v) is 9.12. The molecule has 1 amide bonds. The van der Waals surface area contributed by atoms with Gasteiger partial charge in [0.15, 0.2) is 0 Å². The van der Waals surface area contributed by atoms with Crippen LogP contribution in [0.2, 0.25) is 0 Å². The van der Waals surface area contributed by atoms with Crippen LogP contribution in [0, 0.1) is 5.92 Å². The van der Waals surface area contributed by atoms with Crippen LogP contribution in [0.3, 0.4) is 0 Å². The van der Waals surface area contributed by atoms with E-state index in [1.807, 2.05) is 56.3 Å². The molecular weight excluding hydrogens is 388 g/mol. The summed E-state index contributed by atoms with van der Waals surface area (Å²) in [6.45, 7) is 10.2. The van der Waals surface area contributed by atoms with E-state index >= 15 is 0 Å². The van der Waals surface area contributed by atoms with E-state index in [4.69, 9.17) is 4.74 Å². The number of pyridine rings is 1. The number of para-hydroxylation sites is 1. The zero-order valence-electron chi connectivity index (χ0n) is 18.8. The van der Waals surface area contributed by atoms with Crippen molar-refractivity contribution in [1.82, 2.24) is 10.3 Å². The Bertz CT molecular complexity index is 1060. The fourth-order valence-corrected chi connectivity index (χ4v) is 3.37. The largest absolute Gasteiger partial charge is 0.459 e. The van der Waals surface area contributed by atoms with E-state index in [9.17, 15) is 9.59 Å². The predicted octanol–water partition coefficient (Wildman–Crippen LogP) is 5.03. The third kappa shape index (κ3) is 5.48. The molecule has 162 valence electrons. The minimum absolute atomic E-state index is 0.00967. The highest BCUT2D eigenvalue weighted by Crippen LogP contribution is 2.22. The summed E-state index contributed by atoms with van der Waals surface area (Å²) in [6.07, 6.45) is 1.72. The second-order valence-electron chi connectivity index (χ2n) is 9.12. The molecule has 3 rings (SSSR count). The van der Waals surface area contributed by atoms with Crippen molar-refractivity contribution in [2.75, 3.05) is 0 Å². The lowest BCUT2D eigenvalue weighted by Gasteiger charge is -2.22. The van der Waals surface area contributed by atoms with Crippen molar-refractivity contribution in [3.8, 4) is 0 Å². The molecule has 3 aromatic rings. The van der Waals surface area contributed by atoms with E-state index in [2.05, 4.69) is 31.1 Å². The number of benzene rings is 2. The van der Waals surface area contributed by atoms with Crippen LogP contribution in [0.15, 0.2) is 60.8 Å². The molecule has 0 spiro atoms. The van der Waals surface area contributed by atoms with Crippen molar-refractivity contribution in [1.29, 1.82) is 0 Å². The monoisotopic (exact) mass is 418 g/mol. The zero-order chi connectivity index (χ0) is 22.6. The fourth-order valence-electron chi connectivity index (χ4n) is 3.37. The fraction of sp³-hybridized carbons (Fsp3) is 0.346. The Hall–Kier alpha value is -3.21. The Kier molecular flexibility index (Phi) is 6.74. The Morgan fingerprint density at radius 2 is 1.68 bits per heavy atom. The van der Waals surface area contributed by atoms with E-state index in [0.717, 1.165) is 22.0 Å². The standard InChI is InChI=1S/C26H30N2O3/c1-17(2)22(28-24(29)19-11-13-21(14-12-19)26(3,4)5)25(30)31-16-20-9-6-8-18-10-7-15-27-23(18)20/h6-15,17,22H,16H2,1-5H3,(H,28,29)/t22-/m0/s1. The number of fused-ring (bicyclic) bond motifs is 1. The first-order valence-electron chi connectivity index (χ1n) is 10.6. The normalized spacial score (nSPS) is 12.6. The number of carbonyl (C=O) groups excluding carboxylic acids is 2. The van der Waals surface area contributed by atoms with Gasteiger partial charge in [-0.2, -0.15) is 0 Å². The van der Waals surface area contributed by atoms with Gasteiger partial charge in [0.25, 0.3) is 5.91 Å². The SMILES string of the molecule is CC(C)[C@H](NC(=O)c1ccc(C(C)(C)C)cc1)C(=O)OCc1cccc2cccnc12. The van der Waals surface area contributed by atoms with Crippen LogP contribution < -0.4 is 5.32 Å². The van der Waals surface area contributed by atoms with Crippen LogP contribution in [-0.4, -0.2) is 22.9 Å². The number of esters is 1. The molecule has 0 aliphatic carbocycles. The lowest BCUT2D eigenvalue weighted by Crippen LogP contribution is -2.45. The molecule has 0 aliphatic heterocycles. The van der Waals surface area contributed by atoms with Crippen LogP contribution in [-0.2, 0) is 21.6 Å². The Balaban J connectivity index is 1.68. The summed E-state index contributed by atoms with van der Waals surface area (Å²) >= 11 is 0. The molecule has 1 heterocycles. The van der Waals surface area contributed by atoms with Crippen LogP contribution >= 0.6 is 0 Å². The van der Waals surface area contributed by atoms with Crippen molar-refractivity contribution in [2.45, 2.75) is 52.7 Å². The number of rotatable bonds is 6. The van der Waals surface area contributed by atoms with Gasteiger partial charge in [-0.15, -0.1) is 0 Å². The van der Waals surface area contributed by atoms with Crippen molar-refractivity contribution >= 4 is 22.8 Å². The minimum Gasteiger partial charge on any atom is -0.459 e. The van der Waals surface area contributed by atoms with Gasteiger partial charge in [0.1, 0.15) is 12.6 Å². The molecule has 5 heteroatoms. The van der Waals surface area contributed by atoms with Crippen LogP contribution in [0.4, 0.5) is 0 Å². The van der Waals surface area contributed by atoms with Crippen LogP contribution in [0.5, 0.6) is 0 Å². The van der Waals surface area contributed by atoms with Crippen molar-refractivity contribution in [2.24, 2.45) is 5.92 Å². The molecule has 0 radical (unpaired) electrons. The van der Waals surface area contributed by atoms with E-state index in [0.29, 0.717) is 5.56 Å². The Morgan fingerprint density at radius 1 is 1.00 bits per heavy atom. The quantitative estimate of drug-likeness (QED) is 0.570. The minimum atomic E-state index is -0.738. The summed E-state index contributed by atoms with van der Waals surface area (Å²) in [5.74, 6) is -0.860. The molecule has 0 fully saturated rings. The number of nitrogens with one attached hydrogen (secondary N) is 1. The van der Waals surface area contributed by atoms with E-state index in [1.54, 1.807) is 18.3 Å². The number of hydrogen-bond donors (Lipinski definition) is 1. The van der Waals surface area contributed by atoms with Gasteiger partial charge in [0.2, 0.25) is 0 Å². The summed E-state index contributed by atoms with van der Waals surface area (Å²) in [6, 6.07) is 16.4. The summed E-state index contributed by atoms with van der Waals surface area (Å²) in [5, 5.41) is 3.82. The van der Waals surface area contributed by atoms with Crippen LogP contribution in [0.1, 0.15) is 56.1 Å². The van der Waals surface area contributed by atoms with Gasteiger partial charge in [0.05, 0.1) is 5.52 Å². The number of hydrogen-bond acceptors (Lipinski definition) is 4. The maximum absolute atomic E-state index is 12.8. The Morgan fingerprint density at radius 3 is 2.32 bits per heavy atom. The van der Waals surface area contributed by atoms with Gasteiger partial charge in [-0.05, 0) is 35.1 Å². The molecule has 2 aromatic carbocycles. The van der Waals surface area contributed by atoms with Crippen molar-refractivity contribution in [3.63, 3.8) is 0 Å². The number of nitrogens with zero attached hydrogens (tertiary/aromatic N) is 1. The smallest absolute Gasteiger partial charge is 0.329 e. The third-order valence-electron chi connectivity index (χ3n) is 5.31. The van der Waals surface area contributed by atoms with Gasteiger partial charge in [0, 0.05) is 22.7 Å². The maximum Gasteiger partial charge on any atom is 0.329 e. The first kappa shape index (κ1) is 22.5. The van der Waals surface area contributed by atoms with E-state index < -0.39 is 12.0 Å². The molecule has 31 heavy (non-hydrogen) atoms. The molecule has 1 aromatic heterocycles.